The van der Waals surface area contributed by atoms with Gasteiger partial charge in [-0.25, -0.2) is 0 Å². The number of hydrogen-bond acceptors (Lipinski definition) is 2. The zero-order valence-corrected chi connectivity index (χ0v) is 31.7. The molecule has 0 atom stereocenters. The molecule has 6 aromatic rings. The number of para-hydroxylation sites is 4. The van der Waals surface area contributed by atoms with Gasteiger partial charge in [-0.05, 0) is 0 Å². The van der Waals surface area contributed by atoms with Crippen LogP contribution in [0.4, 0.5) is 22.7 Å². The molecule has 0 N–H and O–H groups in total. The molecule has 0 saturated heterocycles. The summed E-state index contributed by atoms with van der Waals surface area (Å²) >= 11 is 0. The molecule has 1 aliphatic heterocycles. The molecule has 6 aromatic carbocycles. The quantitative estimate of drug-likeness (QED) is 0.172. The van der Waals surface area contributed by atoms with Crippen molar-refractivity contribution in [1.82, 2.24) is 0 Å². The van der Waals surface area contributed by atoms with Crippen molar-refractivity contribution >= 4 is 69.8 Å². The molecule has 2 nitrogen and oxygen atoms in total. The number of anilines is 4. The van der Waals surface area contributed by atoms with Crippen molar-refractivity contribution in [1.29, 1.82) is 0 Å². The van der Waals surface area contributed by atoms with Gasteiger partial charge >= 0.3 is 297 Å². The van der Waals surface area contributed by atoms with Gasteiger partial charge in [0.1, 0.15) is 0 Å². The van der Waals surface area contributed by atoms with Crippen LogP contribution in [0.1, 0.15) is 50.7 Å². The first-order valence-electron chi connectivity index (χ1n) is 17.5. The first-order valence-corrected chi connectivity index (χ1v) is 21.4. The number of nitrogens with zero attached hydrogens (tertiary/aromatic N) is 2. The summed E-state index contributed by atoms with van der Waals surface area (Å²) in [6, 6.07) is 55.6. The van der Waals surface area contributed by atoms with Crippen molar-refractivity contribution < 1.29 is 0 Å². The molecule has 0 bridgehead atoms. The van der Waals surface area contributed by atoms with Crippen molar-refractivity contribution in [2.75, 3.05) is 30.6 Å². The molecule has 248 valence electrons. The number of fused-ring (bicyclic) bond motifs is 4. The average Bonchev–Trinajstić information content (AvgIpc) is 3.14. The summed E-state index contributed by atoms with van der Waals surface area (Å²) in [5.74, 6) is 0.976. The van der Waals surface area contributed by atoms with Crippen molar-refractivity contribution in [3.8, 4) is 0 Å². The molecule has 49 heavy (non-hydrogen) atoms. The van der Waals surface area contributed by atoms with Crippen LogP contribution in [-0.4, -0.2) is 20.8 Å². The Kier molecular flexibility index (Phi) is 9.23. The minimum atomic E-state index is -2.59. The van der Waals surface area contributed by atoms with Gasteiger partial charge in [-0.2, -0.15) is 0 Å². The second kappa shape index (κ2) is 13.6. The fourth-order valence-corrected chi connectivity index (χ4v) is 14.4. The molecule has 0 spiro atoms. The van der Waals surface area contributed by atoms with Gasteiger partial charge in [0.05, 0.1) is 0 Å². The van der Waals surface area contributed by atoms with E-state index in [2.05, 4.69) is 204 Å². The topological polar surface area (TPSA) is 6.48 Å². The van der Waals surface area contributed by atoms with Crippen LogP contribution in [0.25, 0.3) is 0 Å². The monoisotopic (exact) mass is 678 g/mol. The Morgan fingerprint density at radius 3 is 1.24 bits per heavy atom. The van der Waals surface area contributed by atoms with Crippen LogP contribution in [0.2, 0.25) is 0 Å². The van der Waals surface area contributed by atoms with Crippen molar-refractivity contribution in [3.05, 3.63) is 157 Å². The van der Waals surface area contributed by atoms with Gasteiger partial charge in [0.25, 0.3) is 0 Å². The molecule has 0 aromatic heterocycles. The van der Waals surface area contributed by atoms with Gasteiger partial charge in [0.15, 0.2) is 0 Å². The van der Waals surface area contributed by atoms with Crippen LogP contribution in [0, 0.1) is 0 Å². The fraction of sp³-hybridized carbons (Fsp3) is 0.200. The summed E-state index contributed by atoms with van der Waals surface area (Å²) in [6.07, 6.45) is 0. The average molecular weight is 679 g/mol. The van der Waals surface area contributed by atoms with Gasteiger partial charge < -0.3 is 0 Å². The van der Waals surface area contributed by atoms with Crippen molar-refractivity contribution in [2.24, 2.45) is 0 Å². The third-order valence-corrected chi connectivity index (χ3v) is 17.6. The number of benzene rings is 6. The van der Waals surface area contributed by atoms with E-state index in [4.69, 9.17) is 0 Å². The minimum absolute atomic E-state index is 0.487. The van der Waals surface area contributed by atoms with E-state index in [-0.39, 0.29) is 0 Å². The summed E-state index contributed by atoms with van der Waals surface area (Å²) in [7, 11) is 1.06. The number of rotatable bonds is 4. The molecule has 1 aliphatic rings. The fourth-order valence-electron chi connectivity index (χ4n) is 7.58. The molecule has 0 unspecified atom stereocenters. The van der Waals surface area contributed by atoms with E-state index in [1.807, 2.05) is 0 Å². The summed E-state index contributed by atoms with van der Waals surface area (Å²) in [5.41, 5.74) is 7.81. The van der Waals surface area contributed by atoms with Gasteiger partial charge in [0.2, 0.25) is 0 Å². The Hall–Kier alpha value is -4.22. The van der Waals surface area contributed by atoms with Crippen LogP contribution in [0.3, 0.4) is 0 Å². The summed E-state index contributed by atoms with van der Waals surface area (Å²) in [4.78, 5) is 4.96. The van der Waals surface area contributed by atoms with Crippen LogP contribution < -0.4 is 41.6 Å². The predicted octanol–water partition coefficient (Wildman–Crippen LogP) is 9.20. The number of hydrogen-bond donors (Lipinski definition) is 0. The summed E-state index contributed by atoms with van der Waals surface area (Å²) < 4.78 is 0. The van der Waals surface area contributed by atoms with Crippen molar-refractivity contribution in [2.45, 2.75) is 39.5 Å². The van der Waals surface area contributed by atoms with Gasteiger partial charge in [0, 0.05) is 0 Å². The first kappa shape index (κ1) is 33.3. The standard InChI is InChI=1S/C45H48N2P2/c1-32(2)34-24-28-36(29-25-34)48-42-20-12-8-16-38(42)46(5)40-18-10-14-22-44(40)49(7,37-30-26-35(27-31-37)33(3)4)45-23-15-11-19-41(45)47(6)39-17-9-13-21-43(39)48/h8-33,49H,1-7H3. The predicted molar refractivity (Wildman–Crippen MR) is 222 cm³/mol. The SMILES string of the molecule is CC(C)c1ccc(P2c3ccccc3N(C)c3ccccc3[PH](C)(c3ccc(C(C)C)cc3)c3ccccc3N(C)c3ccccc32)cc1. The molecule has 7 rings (SSSR count). The van der Waals surface area contributed by atoms with Crippen LogP contribution >= 0.6 is 15.2 Å². The van der Waals surface area contributed by atoms with E-state index in [0.717, 1.165) is 0 Å². The molecular formula is C45H48N2P2. The Labute approximate surface area is 295 Å². The first-order chi connectivity index (χ1) is 23.7. The molecule has 0 amide bonds. The van der Waals surface area contributed by atoms with E-state index in [9.17, 15) is 0 Å². The molecule has 0 radical (unpaired) electrons. The Balaban J connectivity index is 1.58. The zero-order chi connectivity index (χ0) is 34.3. The van der Waals surface area contributed by atoms with E-state index in [1.54, 1.807) is 0 Å². The summed E-state index contributed by atoms with van der Waals surface area (Å²) in [6.45, 7) is 11.7. The van der Waals surface area contributed by atoms with E-state index in [1.165, 1.54) is 65.7 Å². The molecule has 0 aliphatic carbocycles. The van der Waals surface area contributed by atoms with E-state index >= 15 is 0 Å². The maximum absolute atomic E-state index is 2.59. The second-order valence-electron chi connectivity index (χ2n) is 14.1. The van der Waals surface area contributed by atoms with Gasteiger partial charge in [-0.3, -0.25) is 0 Å². The van der Waals surface area contributed by atoms with Crippen LogP contribution in [0.5, 0.6) is 0 Å². The molecule has 0 fully saturated rings. The van der Waals surface area contributed by atoms with E-state index < -0.39 is 15.2 Å². The van der Waals surface area contributed by atoms with Crippen LogP contribution in [-0.2, 0) is 0 Å². The molecule has 1 heterocycles. The van der Waals surface area contributed by atoms with E-state index in [0.29, 0.717) is 11.8 Å². The van der Waals surface area contributed by atoms with Crippen molar-refractivity contribution in [3.63, 3.8) is 0 Å². The Bertz CT molecular complexity index is 1980. The van der Waals surface area contributed by atoms with Crippen LogP contribution in [0.15, 0.2) is 146 Å². The Morgan fingerprint density at radius 2 is 0.816 bits per heavy atom. The zero-order valence-electron chi connectivity index (χ0n) is 29.9. The molecule has 0 saturated carbocycles. The Morgan fingerprint density at radius 1 is 0.449 bits per heavy atom. The third-order valence-electron chi connectivity index (χ3n) is 10.5. The van der Waals surface area contributed by atoms with Gasteiger partial charge in [-0.15, -0.1) is 0 Å². The molecule has 4 heteroatoms. The third kappa shape index (κ3) is 5.90. The maximum atomic E-state index is 2.56. The molecular weight excluding hydrogens is 630 g/mol. The van der Waals surface area contributed by atoms with Gasteiger partial charge in [-0.1, -0.05) is 0 Å². The second-order valence-corrected chi connectivity index (χ2v) is 20.2. The summed E-state index contributed by atoms with van der Waals surface area (Å²) in [5, 5.41) is 8.36. The normalized spacial score (nSPS) is 16.1.